The van der Waals surface area contributed by atoms with E-state index in [2.05, 4.69) is 26.4 Å². The van der Waals surface area contributed by atoms with E-state index in [1.165, 1.54) is 0 Å². The van der Waals surface area contributed by atoms with Crippen molar-refractivity contribution in [1.82, 2.24) is 10.5 Å². The molecule has 1 rings (SSSR count). The number of amides is 1. The van der Waals surface area contributed by atoms with Gasteiger partial charge in [0, 0.05) is 16.9 Å². The summed E-state index contributed by atoms with van der Waals surface area (Å²) in [5, 5.41) is 7.40. The highest BCUT2D eigenvalue weighted by atomic mass is 79.9. The topological polar surface area (TPSA) is 55.1 Å². The molecule has 1 N–H and O–H groups in total. The standard InChI is InChI=1S/C10H15BrN2O2/c1-7-6-8(13-15-7)9(14)12-10(2,3)4-5-11/h6H,4-5H2,1-3H3,(H,12,14). The third-order valence-electron chi connectivity index (χ3n) is 2.03. The number of aryl methyl sites for hydroxylation is 1. The van der Waals surface area contributed by atoms with E-state index in [9.17, 15) is 4.79 Å². The summed E-state index contributed by atoms with van der Waals surface area (Å²) in [6.45, 7) is 5.70. The molecule has 1 amide bonds. The lowest BCUT2D eigenvalue weighted by molar-refractivity contribution is 0.0902. The van der Waals surface area contributed by atoms with Crippen molar-refractivity contribution in [3.63, 3.8) is 0 Å². The first-order chi connectivity index (χ1) is 6.94. The predicted octanol–water partition coefficient (Wildman–Crippen LogP) is 2.28. The third kappa shape index (κ3) is 3.66. The van der Waals surface area contributed by atoms with Gasteiger partial charge < -0.3 is 9.84 Å². The Morgan fingerprint density at radius 2 is 2.33 bits per heavy atom. The molecule has 4 nitrogen and oxygen atoms in total. The molecule has 0 bridgehead atoms. The van der Waals surface area contributed by atoms with Crippen LogP contribution in [0.2, 0.25) is 0 Å². The molecule has 0 aliphatic carbocycles. The van der Waals surface area contributed by atoms with Crippen molar-refractivity contribution >= 4 is 21.8 Å². The van der Waals surface area contributed by atoms with Crippen molar-refractivity contribution < 1.29 is 9.32 Å². The first-order valence-corrected chi connectivity index (χ1v) is 5.88. The Balaban J connectivity index is 2.63. The lowest BCUT2D eigenvalue weighted by Gasteiger charge is -2.24. The van der Waals surface area contributed by atoms with Gasteiger partial charge >= 0.3 is 0 Å². The summed E-state index contributed by atoms with van der Waals surface area (Å²) in [5.74, 6) is 0.441. The Morgan fingerprint density at radius 1 is 1.67 bits per heavy atom. The van der Waals surface area contributed by atoms with Crippen LogP contribution in [0.1, 0.15) is 36.5 Å². The molecule has 0 saturated heterocycles. The zero-order valence-electron chi connectivity index (χ0n) is 9.13. The van der Waals surface area contributed by atoms with Gasteiger partial charge in [0.15, 0.2) is 5.69 Å². The van der Waals surface area contributed by atoms with Gasteiger partial charge in [0.25, 0.3) is 5.91 Å². The van der Waals surface area contributed by atoms with Crippen LogP contribution < -0.4 is 5.32 Å². The predicted molar refractivity (Wildman–Crippen MR) is 61.2 cm³/mol. The first-order valence-electron chi connectivity index (χ1n) is 4.76. The zero-order chi connectivity index (χ0) is 11.5. The summed E-state index contributed by atoms with van der Waals surface area (Å²) in [7, 11) is 0. The summed E-state index contributed by atoms with van der Waals surface area (Å²) in [6.07, 6.45) is 0.857. The molecule has 1 heterocycles. The highest BCUT2D eigenvalue weighted by molar-refractivity contribution is 9.09. The third-order valence-corrected chi connectivity index (χ3v) is 2.43. The molecule has 1 aromatic rings. The molecule has 0 fully saturated rings. The van der Waals surface area contributed by atoms with Gasteiger partial charge in [-0.25, -0.2) is 0 Å². The molecule has 15 heavy (non-hydrogen) atoms. The molecular weight excluding hydrogens is 260 g/mol. The number of nitrogens with zero attached hydrogens (tertiary/aromatic N) is 1. The molecule has 0 atom stereocenters. The zero-order valence-corrected chi connectivity index (χ0v) is 10.7. The van der Waals surface area contributed by atoms with E-state index in [1.807, 2.05) is 13.8 Å². The number of rotatable bonds is 4. The molecule has 0 saturated carbocycles. The van der Waals surface area contributed by atoms with Crippen LogP contribution in [-0.2, 0) is 0 Å². The Bertz CT molecular complexity index is 347. The van der Waals surface area contributed by atoms with Gasteiger partial charge in [-0.3, -0.25) is 4.79 Å². The van der Waals surface area contributed by atoms with Crippen molar-refractivity contribution in [3.05, 3.63) is 17.5 Å². The van der Waals surface area contributed by atoms with Crippen LogP contribution in [0, 0.1) is 6.92 Å². The maximum atomic E-state index is 11.7. The van der Waals surface area contributed by atoms with Crippen molar-refractivity contribution in [3.8, 4) is 0 Å². The largest absolute Gasteiger partial charge is 0.361 e. The smallest absolute Gasteiger partial charge is 0.273 e. The van der Waals surface area contributed by atoms with Crippen LogP contribution in [0.15, 0.2) is 10.6 Å². The minimum Gasteiger partial charge on any atom is -0.361 e. The second kappa shape index (κ2) is 4.79. The SMILES string of the molecule is Cc1cc(C(=O)NC(C)(C)CCBr)no1. The molecule has 0 radical (unpaired) electrons. The Labute approximate surface area is 97.5 Å². The second-order valence-electron chi connectivity index (χ2n) is 4.10. The summed E-state index contributed by atoms with van der Waals surface area (Å²) in [4.78, 5) is 11.7. The van der Waals surface area contributed by atoms with Crippen LogP contribution in [0.4, 0.5) is 0 Å². The van der Waals surface area contributed by atoms with Crippen molar-refractivity contribution in [1.29, 1.82) is 0 Å². The molecule has 1 aromatic heterocycles. The van der Waals surface area contributed by atoms with Gasteiger partial charge in [-0.2, -0.15) is 0 Å². The lowest BCUT2D eigenvalue weighted by atomic mass is 10.0. The average molecular weight is 275 g/mol. The van der Waals surface area contributed by atoms with Gasteiger partial charge in [0.2, 0.25) is 0 Å². The Morgan fingerprint density at radius 3 is 2.80 bits per heavy atom. The summed E-state index contributed by atoms with van der Waals surface area (Å²) >= 11 is 3.35. The fourth-order valence-corrected chi connectivity index (χ4v) is 2.13. The van der Waals surface area contributed by atoms with Gasteiger partial charge in [0.1, 0.15) is 5.76 Å². The summed E-state index contributed by atoms with van der Waals surface area (Å²) < 4.78 is 4.84. The summed E-state index contributed by atoms with van der Waals surface area (Å²) in [5.41, 5.74) is 0.0862. The van der Waals surface area contributed by atoms with Gasteiger partial charge in [-0.05, 0) is 27.2 Å². The number of hydrogen-bond acceptors (Lipinski definition) is 3. The fraction of sp³-hybridized carbons (Fsp3) is 0.600. The average Bonchev–Trinajstić information content (AvgIpc) is 2.50. The van der Waals surface area contributed by atoms with E-state index < -0.39 is 0 Å². The minimum atomic E-state index is -0.243. The van der Waals surface area contributed by atoms with Crippen LogP contribution >= 0.6 is 15.9 Å². The van der Waals surface area contributed by atoms with Crippen LogP contribution in [0.5, 0.6) is 0 Å². The van der Waals surface area contributed by atoms with Gasteiger partial charge in [-0.15, -0.1) is 0 Å². The van der Waals surface area contributed by atoms with E-state index in [4.69, 9.17) is 4.52 Å². The van der Waals surface area contributed by atoms with E-state index in [-0.39, 0.29) is 11.4 Å². The van der Waals surface area contributed by atoms with Crippen LogP contribution in [0.3, 0.4) is 0 Å². The number of carbonyl (C=O) groups excluding carboxylic acids is 1. The number of halogens is 1. The molecule has 0 aliphatic heterocycles. The first kappa shape index (κ1) is 12.2. The molecule has 0 unspecified atom stereocenters. The quantitative estimate of drug-likeness (QED) is 0.858. The van der Waals surface area contributed by atoms with Crippen molar-refractivity contribution in [2.75, 3.05) is 5.33 Å². The van der Waals surface area contributed by atoms with Gasteiger partial charge in [0.05, 0.1) is 0 Å². The molecular formula is C10H15BrN2O2. The monoisotopic (exact) mass is 274 g/mol. The number of alkyl halides is 1. The van der Waals surface area contributed by atoms with E-state index in [0.717, 1.165) is 11.8 Å². The number of aromatic nitrogens is 1. The maximum absolute atomic E-state index is 11.7. The van der Waals surface area contributed by atoms with E-state index in [1.54, 1.807) is 13.0 Å². The maximum Gasteiger partial charge on any atom is 0.273 e. The minimum absolute atomic E-state index is 0.196. The molecule has 0 aromatic carbocycles. The summed E-state index contributed by atoms with van der Waals surface area (Å²) in [6, 6.07) is 1.62. The van der Waals surface area contributed by atoms with Gasteiger partial charge in [-0.1, -0.05) is 21.1 Å². The number of carbonyl (C=O) groups is 1. The second-order valence-corrected chi connectivity index (χ2v) is 4.89. The van der Waals surface area contributed by atoms with Crippen LogP contribution in [-0.4, -0.2) is 21.9 Å². The van der Waals surface area contributed by atoms with Crippen molar-refractivity contribution in [2.45, 2.75) is 32.7 Å². The normalized spacial score (nSPS) is 11.5. The molecule has 5 heteroatoms. The fourth-order valence-electron chi connectivity index (χ4n) is 1.14. The molecule has 0 spiro atoms. The Kier molecular flexibility index (Phi) is 3.90. The number of hydrogen-bond donors (Lipinski definition) is 1. The highest BCUT2D eigenvalue weighted by Gasteiger charge is 2.21. The Hall–Kier alpha value is -0.840. The van der Waals surface area contributed by atoms with Crippen LogP contribution in [0.25, 0.3) is 0 Å². The highest BCUT2D eigenvalue weighted by Crippen LogP contribution is 2.11. The van der Waals surface area contributed by atoms with Crippen molar-refractivity contribution in [2.24, 2.45) is 0 Å². The molecule has 0 aliphatic rings. The van der Waals surface area contributed by atoms with E-state index in [0.29, 0.717) is 11.5 Å². The molecule has 84 valence electrons. The number of nitrogens with one attached hydrogen (secondary N) is 1. The lowest BCUT2D eigenvalue weighted by Crippen LogP contribution is -2.43. The van der Waals surface area contributed by atoms with E-state index >= 15 is 0 Å².